The van der Waals surface area contributed by atoms with Crippen LogP contribution in [0.3, 0.4) is 0 Å². The number of dihydropyridines is 1. The van der Waals surface area contributed by atoms with Crippen LogP contribution in [-0.4, -0.2) is 52.1 Å². The average molecular weight is 365 g/mol. The number of aromatic nitrogens is 3. The molecule has 0 amide bonds. The number of H-pyrrole nitrogens is 1. The van der Waals surface area contributed by atoms with Crippen molar-refractivity contribution < 1.29 is 13.2 Å². The van der Waals surface area contributed by atoms with E-state index < -0.39 is 17.9 Å². The molecular weight excluding hydrogens is 347 g/mol. The summed E-state index contributed by atoms with van der Waals surface area (Å²) in [6.07, 6.45) is -1.06. The second-order valence-electron chi connectivity index (χ2n) is 6.47. The van der Waals surface area contributed by atoms with E-state index >= 15 is 0 Å². The topological polar surface area (TPSA) is 94.9 Å². The zero-order valence-electron chi connectivity index (χ0n) is 13.7. The number of hydrazine groups is 1. The molecule has 4 heterocycles. The monoisotopic (exact) mass is 365 g/mol. The van der Waals surface area contributed by atoms with Gasteiger partial charge in [-0.2, -0.15) is 18.3 Å². The quantitative estimate of drug-likeness (QED) is 0.479. The molecule has 0 spiro atoms. The molecule has 0 aliphatic carbocycles. The zero-order valence-corrected chi connectivity index (χ0v) is 13.7. The number of aromatic amines is 1. The summed E-state index contributed by atoms with van der Waals surface area (Å²) in [4.78, 5) is 6.05. The highest BCUT2D eigenvalue weighted by molar-refractivity contribution is 5.88. The Hall–Kier alpha value is -2.43. The molecule has 4 rings (SSSR count). The van der Waals surface area contributed by atoms with Crippen LogP contribution in [0, 0.1) is 5.92 Å². The van der Waals surface area contributed by atoms with Crippen molar-refractivity contribution in [2.75, 3.05) is 19.6 Å². The first-order valence-electron chi connectivity index (χ1n) is 8.20. The molecule has 0 saturated carbocycles. The Morgan fingerprint density at radius 1 is 1.35 bits per heavy atom. The number of nitrogens with one attached hydrogen (secondary N) is 3. The number of halogens is 3. The summed E-state index contributed by atoms with van der Waals surface area (Å²) in [6, 6.07) is 3.50. The normalized spacial score (nSPS) is 21.9. The van der Waals surface area contributed by atoms with E-state index in [2.05, 4.69) is 25.9 Å². The molecule has 138 valence electrons. The third-order valence-corrected chi connectivity index (χ3v) is 4.65. The minimum Gasteiger partial charge on any atom is -0.365 e. The van der Waals surface area contributed by atoms with Crippen molar-refractivity contribution in [3.05, 3.63) is 41.7 Å². The Bertz CT molecular complexity index is 864. The van der Waals surface area contributed by atoms with E-state index in [1.165, 1.54) is 6.08 Å². The molecule has 26 heavy (non-hydrogen) atoms. The predicted molar refractivity (Wildman–Crippen MR) is 90.2 cm³/mol. The summed E-state index contributed by atoms with van der Waals surface area (Å²) in [6.45, 7) is 1.97. The lowest BCUT2D eigenvalue weighted by Crippen LogP contribution is -2.59. The molecule has 7 nitrogen and oxygen atoms in total. The molecule has 5 N–H and O–H groups in total. The third-order valence-electron chi connectivity index (χ3n) is 4.65. The molecule has 0 radical (unpaired) electrons. The highest BCUT2D eigenvalue weighted by Gasteiger charge is 2.39. The Morgan fingerprint density at radius 2 is 2.15 bits per heavy atom. The van der Waals surface area contributed by atoms with Crippen LogP contribution in [0.25, 0.3) is 16.7 Å². The van der Waals surface area contributed by atoms with Crippen LogP contribution < -0.4 is 16.6 Å². The number of rotatable bonds is 4. The van der Waals surface area contributed by atoms with E-state index in [-0.39, 0.29) is 0 Å². The smallest absolute Gasteiger partial charge is 0.365 e. The van der Waals surface area contributed by atoms with Crippen molar-refractivity contribution in [2.24, 2.45) is 11.8 Å². The molecule has 1 fully saturated rings. The van der Waals surface area contributed by atoms with Crippen LogP contribution in [-0.2, 0) is 0 Å². The number of nitrogens with two attached hydrogens (primary N) is 1. The van der Waals surface area contributed by atoms with E-state index in [9.17, 15) is 13.2 Å². The van der Waals surface area contributed by atoms with Gasteiger partial charge >= 0.3 is 6.18 Å². The van der Waals surface area contributed by atoms with Gasteiger partial charge in [-0.3, -0.25) is 21.3 Å². The first kappa shape index (κ1) is 17.0. The molecule has 2 aliphatic heterocycles. The van der Waals surface area contributed by atoms with Crippen LogP contribution in [0.1, 0.15) is 5.69 Å². The molecule has 1 saturated heterocycles. The van der Waals surface area contributed by atoms with Gasteiger partial charge in [0.1, 0.15) is 0 Å². The number of nitrogens with zero attached hydrogens (tertiary/aromatic N) is 3. The lowest BCUT2D eigenvalue weighted by atomic mass is 9.97. The zero-order chi connectivity index (χ0) is 18.3. The van der Waals surface area contributed by atoms with E-state index in [0.29, 0.717) is 48.0 Å². The fourth-order valence-corrected chi connectivity index (χ4v) is 3.32. The number of fused-ring (bicyclic) bond motifs is 1. The maximum Gasteiger partial charge on any atom is 0.416 e. The fraction of sp³-hybridized carbons (Fsp3) is 0.375. The van der Waals surface area contributed by atoms with E-state index in [1.54, 1.807) is 18.3 Å². The molecule has 1 atom stereocenters. The van der Waals surface area contributed by atoms with Crippen molar-refractivity contribution in [3.63, 3.8) is 0 Å². The molecule has 2 aliphatic rings. The van der Waals surface area contributed by atoms with Gasteiger partial charge in [0, 0.05) is 31.2 Å². The van der Waals surface area contributed by atoms with Gasteiger partial charge in [-0.1, -0.05) is 0 Å². The van der Waals surface area contributed by atoms with E-state index in [1.807, 2.05) is 4.90 Å². The van der Waals surface area contributed by atoms with E-state index in [0.717, 1.165) is 6.08 Å². The molecule has 1 unspecified atom stereocenters. The summed E-state index contributed by atoms with van der Waals surface area (Å²) in [5.41, 5.74) is 3.23. The molecule has 0 bridgehead atoms. The Labute approximate surface area is 147 Å². The summed E-state index contributed by atoms with van der Waals surface area (Å²) < 4.78 is 40.2. The second-order valence-corrected chi connectivity index (χ2v) is 6.47. The van der Waals surface area contributed by atoms with Crippen LogP contribution in [0.4, 0.5) is 13.2 Å². The SMILES string of the molecule is NNCC1CN(C2C=C(C(F)(F)F)C=C(c3[nH]nc4ncccc34)N2)C1. The number of hydrogen-bond acceptors (Lipinski definition) is 6. The highest BCUT2D eigenvalue weighted by Crippen LogP contribution is 2.34. The van der Waals surface area contributed by atoms with Crippen LogP contribution in [0.5, 0.6) is 0 Å². The fourth-order valence-electron chi connectivity index (χ4n) is 3.32. The first-order valence-corrected chi connectivity index (χ1v) is 8.20. The standard InChI is InChI=1S/C16H18F3N7/c17-16(18,19)10-4-12(14-11-2-1-3-21-15(11)25-24-14)23-13(5-10)26-7-9(8-26)6-22-20/h1-5,9,13,22-23H,6-8,20H2,(H,21,24,25). The largest absolute Gasteiger partial charge is 0.416 e. The van der Waals surface area contributed by atoms with Gasteiger partial charge in [0.15, 0.2) is 5.65 Å². The average Bonchev–Trinajstić information content (AvgIpc) is 3.00. The number of likely N-dealkylation sites (tertiary alicyclic amines) is 1. The summed E-state index contributed by atoms with van der Waals surface area (Å²) in [7, 11) is 0. The van der Waals surface area contributed by atoms with Gasteiger partial charge in [-0.25, -0.2) is 4.98 Å². The van der Waals surface area contributed by atoms with E-state index in [4.69, 9.17) is 5.84 Å². The Kier molecular flexibility index (Phi) is 4.17. The maximum absolute atomic E-state index is 13.4. The van der Waals surface area contributed by atoms with Gasteiger partial charge in [0.2, 0.25) is 0 Å². The van der Waals surface area contributed by atoms with Gasteiger partial charge < -0.3 is 5.32 Å². The lowest BCUT2D eigenvalue weighted by molar-refractivity contribution is -0.0894. The maximum atomic E-state index is 13.4. The number of alkyl halides is 3. The molecule has 10 heteroatoms. The van der Waals surface area contributed by atoms with Crippen molar-refractivity contribution in [3.8, 4) is 0 Å². The molecule has 2 aromatic rings. The van der Waals surface area contributed by atoms with Crippen LogP contribution in [0.15, 0.2) is 36.1 Å². The number of hydrogen-bond donors (Lipinski definition) is 4. The lowest BCUT2D eigenvalue weighted by Gasteiger charge is -2.45. The number of allylic oxidation sites excluding steroid dienone is 2. The van der Waals surface area contributed by atoms with Gasteiger partial charge in [0.25, 0.3) is 0 Å². The second kappa shape index (κ2) is 6.38. The van der Waals surface area contributed by atoms with Gasteiger partial charge in [-0.15, -0.1) is 0 Å². The minimum absolute atomic E-state index is 0.330. The molecular formula is C16H18F3N7. The van der Waals surface area contributed by atoms with Crippen molar-refractivity contribution in [1.82, 2.24) is 30.8 Å². The van der Waals surface area contributed by atoms with Gasteiger partial charge in [-0.05, 0) is 30.2 Å². The Morgan fingerprint density at radius 3 is 2.88 bits per heavy atom. The minimum atomic E-state index is -4.43. The van der Waals surface area contributed by atoms with Crippen LogP contribution >= 0.6 is 0 Å². The first-order chi connectivity index (χ1) is 12.5. The summed E-state index contributed by atoms with van der Waals surface area (Å²) in [5.74, 6) is 5.64. The van der Waals surface area contributed by atoms with Crippen molar-refractivity contribution in [2.45, 2.75) is 12.3 Å². The van der Waals surface area contributed by atoms with Crippen molar-refractivity contribution >= 4 is 16.7 Å². The molecule has 0 aromatic carbocycles. The Balaban J connectivity index is 1.65. The van der Waals surface area contributed by atoms with Gasteiger partial charge in [0.05, 0.1) is 23.1 Å². The molecule has 2 aromatic heterocycles. The third kappa shape index (κ3) is 3.06. The predicted octanol–water partition coefficient (Wildman–Crippen LogP) is 1.11. The van der Waals surface area contributed by atoms with Crippen LogP contribution in [0.2, 0.25) is 0 Å². The van der Waals surface area contributed by atoms with Crippen molar-refractivity contribution in [1.29, 1.82) is 0 Å². The summed E-state index contributed by atoms with van der Waals surface area (Å²) in [5, 5.41) is 10.7. The highest BCUT2D eigenvalue weighted by atomic mass is 19.4. The summed E-state index contributed by atoms with van der Waals surface area (Å²) >= 11 is 0. The number of pyridine rings is 1.